The molecule has 0 N–H and O–H groups in total. The molecule has 1 fully saturated rings. The van der Waals surface area contributed by atoms with Crippen molar-refractivity contribution in [1.82, 2.24) is 0 Å². The number of rotatable bonds is 2. The predicted octanol–water partition coefficient (Wildman–Crippen LogP) is 6.99. The van der Waals surface area contributed by atoms with Gasteiger partial charge in [-0.25, -0.2) is 0 Å². The highest BCUT2D eigenvalue weighted by atomic mass is 14.4. The van der Waals surface area contributed by atoms with E-state index in [0.717, 1.165) is 0 Å². The molecule has 0 radical (unpaired) electrons. The standard InChI is InChI=1S/C18H22.C2H6.C2H4/c1-4-10-16(11-5-1)18(14-8-3-9-15-18)17-12-6-2-7-13-17;2*1-2/h1,4-6,10-13H,2-3,7-9,14-15H2;1-2H3;1-2H2. The zero-order valence-corrected chi connectivity index (χ0v) is 14.5. The van der Waals surface area contributed by atoms with Crippen molar-refractivity contribution >= 4 is 0 Å². The van der Waals surface area contributed by atoms with E-state index in [1.165, 1.54) is 50.5 Å². The Labute approximate surface area is 137 Å². The molecule has 1 aromatic rings. The number of allylic oxidation sites excluding steroid dienone is 4. The fourth-order valence-corrected chi connectivity index (χ4v) is 3.62. The highest BCUT2D eigenvalue weighted by Gasteiger charge is 2.36. The van der Waals surface area contributed by atoms with Gasteiger partial charge in [0.25, 0.3) is 0 Å². The van der Waals surface area contributed by atoms with Crippen LogP contribution >= 0.6 is 0 Å². The van der Waals surface area contributed by atoms with Crippen LogP contribution < -0.4 is 0 Å². The summed E-state index contributed by atoms with van der Waals surface area (Å²) in [6.07, 6.45) is 16.5. The summed E-state index contributed by atoms with van der Waals surface area (Å²) in [5.41, 5.74) is 3.43. The van der Waals surface area contributed by atoms with E-state index in [9.17, 15) is 0 Å². The summed E-state index contributed by atoms with van der Waals surface area (Å²) in [7, 11) is 0. The molecule has 120 valence electrons. The molecule has 22 heavy (non-hydrogen) atoms. The molecule has 2 aliphatic rings. The molecular formula is C22H32. The Balaban J connectivity index is 0.000000561. The molecule has 0 spiro atoms. The minimum Gasteiger partial charge on any atom is -0.106 e. The van der Waals surface area contributed by atoms with Crippen molar-refractivity contribution in [3.05, 3.63) is 72.9 Å². The van der Waals surface area contributed by atoms with Gasteiger partial charge < -0.3 is 0 Å². The third kappa shape index (κ3) is 4.22. The van der Waals surface area contributed by atoms with Crippen LogP contribution in [0.5, 0.6) is 0 Å². The van der Waals surface area contributed by atoms with Crippen molar-refractivity contribution in [3.8, 4) is 0 Å². The summed E-state index contributed by atoms with van der Waals surface area (Å²) < 4.78 is 0. The maximum absolute atomic E-state index is 3.00. The molecule has 1 aromatic carbocycles. The Kier molecular flexibility index (Phi) is 8.58. The molecule has 0 atom stereocenters. The Morgan fingerprint density at radius 2 is 1.50 bits per heavy atom. The largest absolute Gasteiger partial charge is 0.106 e. The monoisotopic (exact) mass is 296 g/mol. The van der Waals surface area contributed by atoms with E-state index < -0.39 is 0 Å². The molecule has 3 rings (SSSR count). The van der Waals surface area contributed by atoms with Gasteiger partial charge in [-0.05, 0) is 36.8 Å². The highest BCUT2D eigenvalue weighted by Crippen LogP contribution is 2.46. The first kappa shape index (κ1) is 18.5. The third-order valence-corrected chi connectivity index (χ3v) is 4.58. The van der Waals surface area contributed by atoms with Crippen molar-refractivity contribution < 1.29 is 0 Å². The van der Waals surface area contributed by atoms with Crippen LogP contribution in [0.25, 0.3) is 0 Å². The van der Waals surface area contributed by atoms with E-state index in [2.05, 4.69) is 61.7 Å². The first-order valence-electron chi connectivity index (χ1n) is 8.84. The van der Waals surface area contributed by atoms with Crippen molar-refractivity contribution in [3.63, 3.8) is 0 Å². The molecule has 0 bridgehead atoms. The zero-order chi connectivity index (χ0) is 16.3. The number of hydrogen-bond acceptors (Lipinski definition) is 0. The van der Waals surface area contributed by atoms with E-state index in [0.29, 0.717) is 5.41 Å². The molecule has 0 heterocycles. The molecule has 0 aliphatic heterocycles. The zero-order valence-electron chi connectivity index (χ0n) is 14.5. The molecule has 0 unspecified atom stereocenters. The van der Waals surface area contributed by atoms with Crippen LogP contribution in [0.4, 0.5) is 0 Å². The van der Waals surface area contributed by atoms with Crippen molar-refractivity contribution in [2.24, 2.45) is 0 Å². The van der Waals surface area contributed by atoms with Gasteiger partial charge in [-0.3, -0.25) is 0 Å². The summed E-state index contributed by atoms with van der Waals surface area (Å²) in [5, 5.41) is 0. The quantitative estimate of drug-likeness (QED) is 0.516. The topological polar surface area (TPSA) is 0 Å². The Morgan fingerprint density at radius 3 is 2.05 bits per heavy atom. The fraction of sp³-hybridized carbons (Fsp3) is 0.455. The Bertz CT molecular complexity index is 458. The molecule has 0 heteroatoms. The Hall–Kier alpha value is -1.56. The number of hydrogen-bond donors (Lipinski definition) is 0. The average Bonchev–Trinajstić information content (AvgIpc) is 2.67. The SMILES string of the molecule is C1=CC(C2(c3ccccc3)CCCCC2)=CCC1.C=C.CC. The summed E-state index contributed by atoms with van der Waals surface area (Å²) in [6, 6.07) is 11.2. The second-order valence-electron chi connectivity index (χ2n) is 5.65. The van der Waals surface area contributed by atoms with Gasteiger partial charge in [-0.15, -0.1) is 13.2 Å². The highest BCUT2D eigenvalue weighted by molar-refractivity contribution is 5.43. The molecule has 0 aromatic heterocycles. The second-order valence-corrected chi connectivity index (χ2v) is 5.65. The number of benzene rings is 1. The minimum atomic E-state index is 0.316. The van der Waals surface area contributed by atoms with Gasteiger partial charge >= 0.3 is 0 Å². The van der Waals surface area contributed by atoms with E-state index in [1.807, 2.05) is 13.8 Å². The lowest BCUT2D eigenvalue weighted by atomic mass is 9.64. The predicted molar refractivity (Wildman–Crippen MR) is 100 cm³/mol. The molecule has 1 saturated carbocycles. The summed E-state index contributed by atoms with van der Waals surface area (Å²) in [6.45, 7) is 10.0. The molecule has 2 aliphatic carbocycles. The first-order valence-corrected chi connectivity index (χ1v) is 8.84. The van der Waals surface area contributed by atoms with Crippen molar-refractivity contribution in [2.75, 3.05) is 0 Å². The lowest BCUT2D eigenvalue weighted by Gasteiger charge is -2.40. The minimum absolute atomic E-state index is 0.316. The molecule has 0 nitrogen and oxygen atoms in total. The van der Waals surface area contributed by atoms with Crippen LogP contribution in [0.15, 0.2) is 67.3 Å². The van der Waals surface area contributed by atoms with Gasteiger partial charge in [0, 0.05) is 5.41 Å². The van der Waals surface area contributed by atoms with Gasteiger partial charge in [0.2, 0.25) is 0 Å². The molecular weight excluding hydrogens is 264 g/mol. The first-order chi connectivity index (χ1) is 10.9. The van der Waals surface area contributed by atoms with Crippen LogP contribution in [0.3, 0.4) is 0 Å². The van der Waals surface area contributed by atoms with E-state index in [1.54, 1.807) is 5.57 Å². The van der Waals surface area contributed by atoms with Crippen LogP contribution in [0, 0.1) is 0 Å². The van der Waals surface area contributed by atoms with Crippen LogP contribution in [0.2, 0.25) is 0 Å². The van der Waals surface area contributed by atoms with E-state index in [-0.39, 0.29) is 0 Å². The molecule has 0 amide bonds. The van der Waals surface area contributed by atoms with Crippen LogP contribution in [-0.2, 0) is 5.41 Å². The lowest BCUT2D eigenvalue weighted by Crippen LogP contribution is -2.31. The van der Waals surface area contributed by atoms with Crippen LogP contribution in [-0.4, -0.2) is 0 Å². The average molecular weight is 296 g/mol. The smallest absolute Gasteiger partial charge is 0.0199 e. The van der Waals surface area contributed by atoms with Crippen molar-refractivity contribution in [1.29, 1.82) is 0 Å². The van der Waals surface area contributed by atoms with E-state index in [4.69, 9.17) is 0 Å². The maximum atomic E-state index is 3.00. The summed E-state index contributed by atoms with van der Waals surface area (Å²) >= 11 is 0. The van der Waals surface area contributed by atoms with Crippen molar-refractivity contribution in [2.45, 2.75) is 64.2 Å². The second kappa shape index (κ2) is 10.2. The third-order valence-electron chi connectivity index (χ3n) is 4.58. The Morgan fingerprint density at radius 1 is 0.864 bits per heavy atom. The lowest BCUT2D eigenvalue weighted by molar-refractivity contribution is 0.343. The molecule has 0 saturated heterocycles. The summed E-state index contributed by atoms with van der Waals surface area (Å²) in [4.78, 5) is 0. The van der Waals surface area contributed by atoms with Crippen LogP contribution in [0.1, 0.15) is 64.4 Å². The summed E-state index contributed by atoms with van der Waals surface area (Å²) in [5.74, 6) is 0. The van der Waals surface area contributed by atoms with E-state index >= 15 is 0 Å². The van der Waals surface area contributed by atoms with Gasteiger partial charge in [-0.2, -0.15) is 0 Å². The normalized spacial score (nSPS) is 18.9. The van der Waals surface area contributed by atoms with Gasteiger partial charge in [0.05, 0.1) is 0 Å². The van der Waals surface area contributed by atoms with Gasteiger partial charge in [-0.1, -0.05) is 81.7 Å². The maximum Gasteiger partial charge on any atom is 0.0199 e. The fourth-order valence-electron chi connectivity index (χ4n) is 3.62. The van der Waals surface area contributed by atoms with Gasteiger partial charge in [0.15, 0.2) is 0 Å². The van der Waals surface area contributed by atoms with Gasteiger partial charge in [0.1, 0.15) is 0 Å².